The lowest BCUT2D eigenvalue weighted by Crippen LogP contribution is -2.36. The lowest BCUT2D eigenvalue weighted by Gasteiger charge is -2.30. The smallest absolute Gasteiger partial charge is 0.0642 e. The highest BCUT2D eigenvalue weighted by molar-refractivity contribution is 6.30. The molecule has 2 nitrogen and oxygen atoms in total. The van der Waals surface area contributed by atoms with E-state index in [2.05, 4.69) is 17.9 Å². The number of hydrogen-bond donors (Lipinski definition) is 0. The van der Waals surface area contributed by atoms with E-state index in [1.54, 1.807) is 0 Å². The summed E-state index contributed by atoms with van der Waals surface area (Å²) in [4.78, 5) is 2.34. The van der Waals surface area contributed by atoms with Crippen LogP contribution in [0.25, 0.3) is 0 Å². The van der Waals surface area contributed by atoms with Crippen molar-refractivity contribution in [3.63, 3.8) is 0 Å². The molecule has 1 aliphatic rings. The fourth-order valence-corrected chi connectivity index (χ4v) is 2.00. The van der Waals surface area contributed by atoms with Crippen molar-refractivity contribution in [1.29, 1.82) is 0 Å². The molecular weight excluding hydrogens is 198 g/mol. The van der Waals surface area contributed by atoms with E-state index < -0.39 is 0 Å². The first-order chi connectivity index (χ1) is 6.77. The summed E-state index contributed by atoms with van der Waals surface area (Å²) in [5.41, 5.74) is 2.51. The lowest BCUT2D eigenvalue weighted by molar-refractivity contribution is 0.122. The predicted octanol–water partition coefficient (Wildman–Crippen LogP) is 2.49. The zero-order chi connectivity index (χ0) is 9.97. The molecule has 0 amide bonds. The highest BCUT2D eigenvalue weighted by atomic mass is 35.5. The minimum absolute atomic E-state index is 0.805. The van der Waals surface area contributed by atoms with Crippen LogP contribution in [0, 0.1) is 6.92 Å². The van der Waals surface area contributed by atoms with Crippen molar-refractivity contribution < 1.29 is 4.74 Å². The van der Waals surface area contributed by atoms with Crippen molar-refractivity contribution in [3.05, 3.63) is 28.8 Å². The topological polar surface area (TPSA) is 12.5 Å². The van der Waals surface area contributed by atoms with Crippen LogP contribution in [-0.2, 0) is 4.74 Å². The Balaban J connectivity index is 2.22. The molecule has 1 fully saturated rings. The number of benzene rings is 1. The van der Waals surface area contributed by atoms with Crippen LogP contribution in [0.5, 0.6) is 0 Å². The monoisotopic (exact) mass is 211 g/mol. The van der Waals surface area contributed by atoms with E-state index in [-0.39, 0.29) is 0 Å². The molecule has 0 bridgehead atoms. The molecule has 0 N–H and O–H groups in total. The minimum atomic E-state index is 0.805. The quantitative estimate of drug-likeness (QED) is 0.708. The van der Waals surface area contributed by atoms with Gasteiger partial charge in [0.1, 0.15) is 0 Å². The third-order valence-corrected chi connectivity index (χ3v) is 2.75. The van der Waals surface area contributed by atoms with E-state index in [0.29, 0.717) is 0 Å². The van der Waals surface area contributed by atoms with Crippen LogP contribution in [0.15, 0.2) is 18.2 Å². The number of halogens is 1. The Bertz CT molecular complexity index is 321. The normalized spacial score (nSPS) is 17.1. The molecule has 1 heterocycles. The first-order valence-corrected chi connectivity index (χ1v) is 5.24. The van der Waals surface area contributed by atoms with Crippen LogP contribution in [0.4, 0.5) is 5.69 Å². The number of ether oxygens (including phenoxy) is 1. The van der Waals surface area contributed by atoms with Gasteiger partial charge in [-0.2, -0.15) is 0 Å². The Morgan fingerprint density at radius 1 is 1.29 bits per heavy atom. The standard InChI is InChI=1S/C11H14ClNO/c1-9-8-10(12)2-3-11(9)13-4-6-14-7-5-13/h2-3,8H,4-7H2,1H3. The minimum Gasteiger partial charge on any atom is -0.378 e. The Kier molecular flexibility index (Phi) is 2.94. The summed E-state index contributed by atoms with van der Waals surface area (Å²) >= 11 is 5.91. The summed E-state index contributed by atoms with van der Waals surface area (Å²) in [7, 11) is 0. The molecule has 3 heteroatoms. The van der Waals surface area contributed by atoms with Gasteiger partial charge < -0.3 is 9.64 Å². The van der Waals surface area contributed by atoms with Crippen LogP contribution in [-0.4, -0.2) is 26.3 Å². The number of rotatable bonds is 1. The second kappa shape index (κ2) is 4.20. The molecule has 0 aromatic heterocycles. The molecule has 1 aliphatic heterocycles. The molecule has 0 aliphatic carbocycles. The summed E-state index contributed by atoms with van der Waals surface area (Å²) in [5, 5.41) is 0.805. The molecule has 0 spiro atoms. The maximum Gasteiger partial charge on any atom is 0.0642 e. The van der Waals surface area contributed by atoms with Crippen LogP contribution in [0.2, 0.25) is 5.02 Å². The number of morpholine rings is 1. The average molecular weight is 212 g/mol. The van der Waals surface area contributed by atoms with Gasteiger partial charge in [-0.1, -0.05) is 11.6 Å². The van der Waals surface area contributed by atoms with Gasteiger partial charge in [0, 0.05) is 23.8 Å². The number of aryl methyl sites for hydroxylation is 1. The van der Waals surface area contributed by atoms with E-state index in [9.17, 15) is 0 Å². The molecule has 0 atom stereocenters. The summed E-state index contributed by atoms with van der Waals surface area (Å²) in [5.74, 6) is 0. The third-order valence-electron chi connectivity index (χ3n) is 2.51. The Hall–Kier alpha value is -0.730. The first-order valence-electron chi connectivity index (χ1n) is 4.86. The summed E-state index contributed by atoms with van der Waals surface area (Å²) in [6.07, 6.45) is 0. The van der Waals surface area contributed by atoms with Gasteiger partial charge in [-0.15, -0.1) is 0 Å². The van der Waals surface area contributed by atoms with Crippen LogP contribution >= 0.6 is 11.6 Å². The van der Waals surface area contributed by atoms with E-state index in [1.165, 1.54) is 11.3 Å². The second-order valence-corrected chi connectivity index (χ2v) is 3.97. The summed E-state index contributed by atoms with van der Waals surface area (Å²) in [6.45, 7) is 5.69. The lowest BCUT2D eigenvalue weighted by atomic mass is 10.1. The maximum atomic E-state index is 5.91. The largest absolute Gasteiger partial charge is 0.378 e. The molecule has 0 radical (unpaired) electrons. The predicted molar refractivity (Wildman–Crippen MR) is 59.2 cm³/mol. The molecule has 14 heavy (non-hydrogen) atoms. The van der Waals surface area contributed by atoms with Crippen molar-refractivity contribution in [1.82, 2.24) is 0 Å². The number of anilines is 1. The SMILES string of the molecule is Cc1cc(Cl)ccc1N1CCOCC1. The Morgan fingerprint density at radius 3 is 2.64 bits per heavy atom. The number of hydrogen-bond acceptors (Lipinski definition) is 2. The Morgan fingerprint density at radius 2 is 2.00 bits per heavy atom. The summed E-state index contributed by atoms with van der Waals surface area (Å²) in [6, 6.07) is 6.04. The zero-order valence-electron chi connectivity index (χ0n) is 8.29. The van der Waals surface area contributed by atoms with Crippen LogP contribution in [0.1, 0.15) is 5.56 Å². The molecule has 2 rings (SSSR count). The third kappa shape index (κ3) is 2.02. The fraction of sp³-hybridized carbons (Fsp3) is 0.455. The van der Waals surface area contributed by atoms with E-state index in [4.69, 9.17) is 16.3 Å². The van der Waals surface area contributed by atoms with Gasteiger partial charge in [0.05, 0.1) is 13.2 Å². The molecule has 0 unspecified atom stereocenters. The van der Waals surface area contributed by atoms with E-state index in [0.717, 1.165) is 31.3 Å². The summed E-state index contributed by atoms with van der Waals surface area (Å²) < 4.78 is 5.32. The van der Waals surface area contributed by atoms with Crippen molar-refractivity contribution in [3.8, 4) is 0 Å². The molecule has 1 aromatic carbocycles. The molecule has 76 valence electrons. The van der Waals surface area contributed by atoms with Gasteiger partial charge in [0.2, 0.25) is 0 Å². The molecule has 1 aromatic rings. The van der Waals surface area contributed by atoms with Crippen molar-refractivity contribution in [2.75, 3.05) is 31.2 Å². The van der Waals surface area contributed by atoms with Gasteiger partial charge in [0.15, 0.2) is 0 Å². The van der Waals surface area contributed by atoms with Crippen molar-refractivity contribution in [2.45, 2.75) is 6.92 Å². The van der Waals surface area contributed by atoms with Gasteiger partial charge in [-0.05, 0) is 30.7 Å². The van der Waals surface area contributed by atoms with Gasteiger partial charge in [0.25, 0.3) is 0 Å². The van der Waals surface area contributed by atoms with Gasteiger partial charge >= 0.3 is 0 Å². The molecular formula is C11H14ClNO. The maximum absolute atomic E-state index is 5.91. The van der Waals surface area contributed by atoms with E-state index in [1.807, 2.05) is 12.1 Å². The average Bonchev–Trinajstić information content (AvgIpc) is 2.19. The van der Waals surface area contributed by atoms with Crippen LogP contribution < -0.4 is 4.90 Å². The van der Waals surface area contributed by atoms with Crippen molar-refractivity contribution >= 4 is 17.3 Å². The van der Waals surface area contributed by atoms with Crippen LogP contribution in [0.3, 0.4) is 0 Å². The van der Waals surface area contributed by atoms with E-state index >= 15 is 0 Å². The van der Waals surface area contributed by atoms with Gasteiger partial charge in [-0.3, -0.25) is 0 Å². The van der Waals surface area contributed by atoms with Crippen molar-refractivity contribution in [2.24, 2.45) is 0 Å². The number of nitrogens with zero attached hydrogens (tertiary/aromatic N) is 1. The molecule has 1 saturated heterocycles. The first kappa shape index (κ1) is 9.81. The highest BCUT2D eigenvalue weighted by Crippen LogP contribution is 2.24. The fourth-order valence-electron chi connectivity index (χ4n) is 1.78. The Labute approximate surface area is 89.4 Å². The van der Waals surface area contributed by atoms with Gasteiger partial charge in [-0.25, -0.2) is 0 Å². The second-order valence-electron chi connectivity index (χ2n) is 3.53. The zero-order valence-corrected chi connectivity index (χ0v) is 9.05. The highest BCUT2D eigenvalue weighted by Gasteiger charge is 2.12. The molecule has 0 saturated carbocycles.